The predicted molar refractivity (Wildman–Crippen MR) is 111 cm³/mol. The Morgan fingerprint density at radius 3 is 2.61 bits per heavy atom. The number of imidazole rings is 1. The van der Waals surface area contributed by atoms with Crippen molar-refractivity contribution in [2.45, 2.75) is 25.1 Å². The topological polar surface area (TPSA) is 68.6 Å². The van der Waals surface area contributed by atoms with Gasteiger partial charge in [-0.3, -0.25) is 9.69 Å². The number of aromatic nitrogens is 2. The average Bonchev–Trinajstić information content (AvgIpc) is 3.38. The molecular formula is C22H20F4N4O3. The number of amides is 1. The Morgan fingerprint density at radius 2 is 1.85 bits per heavy atom. The fraction of sp³-hybridized carbons (Fsp3) is 0.364. The van der Waals surface area contributed by atoms with Crippen molar-refractivity contribution in [1.29, 1.82) is 0 Å². The van der Waals surface area contributed by atoms with Crippen LogP contribution in [0.15, 0.2) is 36.4 Å². The number of hydrogen-bond donors (Lipinski definition) is 1. The molecule has 2 aliphatic heterocycles. The minimum Gasteiger partial charge on any atom is -0.454 e. The van der Waals surface area contributed by atoms with E-state index in [-0.39, 0.29) is 30.3 Å². The Morgan fingerprint density at radius 1 is 1.09 bits per heavy atom. The summed E-state index contributed by atoms with van der Waals surface area (Å²) in [6.45, 7) is 1.14. The smallest absolute Gasteiger partial charge is 0.449 e. The van der Waals surface area contributed by atoms with E-state index in [1.807, 2.05) is 4.90 Å². The summed E-state index contributed by atoms with van der Waals surface area (Å²) in [6.07, 6.45) is -3.84. The standard InChI is InChI=1S/C22H20F4N4O3/c23-13-1-3-17-16(9-13)28-21(22(24,25)26)30(17)15-5-7-29(8-6-15)11-20(31)27-14-2-4-18-19(10-14)33-12-32-18/h1-4,9-10,15H,5-8,11-12H2,(H,27,31). The van der Waals surface area contributed by atoms with Gasteiger partial charge in [-0.05, 0) is 37.1 Å². The van der Waals surface area contributed by atoms with E-state index < -0.39 is 23.9 Å². The number of carbonyl (C=O) groups is 1. The molecule has 0 aliphatic carbocycles. The van der Waals surface area contributed by atoms with Gasteiger partial charge in [0.25, 0.3) is 0 Å². The van der Waals surface area contributed by atoms with E-state index in [1.165, 1.54) is 10.6 Å². The highest BCUT2D eigenvalue weighted by Gasteiger charge is 2.40. The number of halogens is 4. The minimum absolute atomic E-state index is 0.0205. The van der Waals surface area contributed by atoms with Gasteiger partial charge in [0, 0.05) is 37.0 Å². The van der Waals surface area contributed by atoms with Crippen LogP contribution in [0.3, 0.4) is 0 Å². The van der Waals surface area contributed by atoms with E-state index in [0.29, 0.717) is 43.1 Å². The first-order valence-corrected chi connectivity index (χ1v) is 10.4. The molecule has 2 aromatic carbocycles. The number of nitrogens with one attached hydrogen (secondary N) is 1. The Kier molecular flexibility index (Phi) is 5.35. The van der Waals surface area contributed by atoms with Gasteiger partial charge in [-0.1, -0.05) is 0 Å². The molecule has 0 unspecified atom stereocenters. The number of nitrogens with zero attached hydrogens (tertiary/aromatic N) is 3. The number of anilines is 1. The molecule has 0 radical (unpaired) electrons. The first kappa shape index (κ1) is 21.5. The second-order valence-corrected chi connectivity index (χ2v) is 8.06. The van der Waals surface area contributed by atoms with Crippen LogP contribution < -0.4 is 14.8 Å². The molecule has 7 nitrogen and oxygen atoms in total. The molecule has 174 valence electrons. The third kappa shape index (κ3) is 4.32. The van der Waals surface area contributed by atoms with Crippen LogP contribution in [0.5, 0.6) is 11.5 Å². The zero-order chi connectivity index (χ0) is 23.2. The van der Waals surface area contributed by atoms with Crippen LogP contribution in [0.25, 0.3) is 11.0 Å². The molecule has 0 atom stereocenters. The number of piperidine rings is 1. The summed E-state index contributed by atoms with van der Waals surface area (Å²) in [6, 6.07) is 8.13. The van der Waals surface area contributed by atoms with Crippen LogP contribution in [0.2, 0.25) is 0 Å². The maximum atomic E-state index is 13.6. The van der Waals surface area contributed by atoms with Crippen molar-refractivity contribution in [3.05, 3.63) is 48.0 Å². The molecule has 1 N–H and O–H groups in total. The number of hydrogen-bond acceptors (Lipinski definition) is 5. The molecule has 1 fully saturated rings. The highest BCUT2D eigenvalue weighted by atomic mass is 19.4. The van der Waals surface area contributed by atoms with Crippen molar-refractivity contribution in [1.82, 2.24) is 14.5 Å². The summed E-state index contributed by atoms with van der Waals surface area (Å²) in [5.74, 6) is -0.720. The van der Waals surface area contributed by atoms with Crippen molar-refractivity contribution in [3.8, 4) is 11.5 Å². The molecule has 11 heteroatoms. The lowest BCUT2D eigenvalue weighted by atomic mass is 10.0. The maximum Gasteiger partial charge on any atom is 0.449 e. The van der Waals surface area contributed by atoms with Crippen LogP contribution in [0, 0.1) is 5.82 Å². The third-order valence-corrected chi connectivity index (χ3v) is 5.85. The minimum atomic E-state index is -4.66. The van der Waals surface area contributed by atoms with Crippen LogP contribution in [-0.4, -0.2) is 46.8 Å². The second kappa shape index (κ2) is 8.22. The van der Waals surface area contributed by atoms with Crippen molar-refractivity contribution < 1.29 is 31.8 Å². The number of alkyl halides is 3. The van der Waals surface area contributed by atoms with Gasteiger partial charge in [0.05, 0.1) is 17.6 Å². The summed E-state index contributed by atoms with van der Waals surface area (Å²) < 4.78 is 66.1. The zero-order valence-electron chi connectivity index (χ0n) is 17.4. The van der Waals surface area contributed by atoms with Gasteiger partial charge < -0.3 is 19.4 Å². The summed E-state index contributed by atoms with van der Waals surface area (Å²) in [4.78, 5) is 18.0. The summed E-state index contributed by atoms with van der Waals surface area (Å²) >= 11 is 0. The molecule has 3 heterocycles. The first-order chi connectivity index (χ1) is 15.8. The van der Waals surface area contributed by atoms with Crippen LogP contribution in [0.1, 0.15) is 24.7 Å². The Bertz CT molecular complexity index is 1200. The number of fused-ring (bicyclic) bond motifs is 2. The second-order valence-electron chi connectivity index (χ2n) is 8.06. The number of likely N-dealkylation sites (tertiary alicyclic amines) is 1. The monoisotopic (exact) mass is 464 g/mol. The van der Waals surface area contributed by atoms with E-state index in [4.69, 9.17) is 9.47 Å². The number of carbonyl (C=O) groups excluding carboxylic acids is 1. The molecule has 1 aromatic heterocycles. The molecule has 0 spiro atoms. The van der Waals surface area contributed by atoms with Crippen LogP contribution in [0.4, 0.5) is 23.2 Å². The molecule has 0 saturated carbocycles. The quantitative estimate of drug-likeness (QED) is 0.587. The number of benzene rings is 2. The van der Waals surface area contributed by atoms with E-state index in [9.17, 15) is 22.4 Å². The molecular weight excluding hydrogens is 444 g/mol. The molecule has 1 saturated heterocycles. The Labute approximate surface area is 185 Å². The lowest BCUT2D eigenvalue weighted by Gasteiger charge is -2.33. The van der Waals surface area contributed by atoms with Gasteiger partial charge in [0.1, 0.15) is 5.82 Å². The van der Waals surface area contributed by atoms with Crippen LogP contribution >= 0.6 is 0 Å². The van der Waals surface area contributed by atoms with Crippen molar-refractivity contribution >= 4 is 22.6 Å². The molecule has 5 rings (SSSR count). The van der Waals surface area contributed by atoms with Gasteiger partial charge in [-0.25, -0.2) is 9.37 Å². The molecule has 2 aliphatic rings. The largest absolute Gasteiger partial charge is 0.454 e. The normalized spacial score (nSPS) is 17.0. The number of rotatable bonds is 4. The van der Waals surface area contributed by atoms with E-state index in [1.54, 1.807) is 18.2 Å². The van der Waals surface area contributed by atoms with Crippen molar-refractivity contribution in [2.75, 3.05) is 31.7 Å². The van der Waals surface area contributed by atoms with Crippen LogP contribution in [-0.2, 0) is 11.0 Å². The maximum absolute atomic E-state index is 13.6. The SMILES string of the molecule is O=C(CN1CCC(n2c(C(F)(F)F)nc3cc(F)ccc32)CC1)Nc1ccc2c(c1)OCO2. The third-order valence-electron chi connectivity index (χ3n) is 5.85. The summed E-state index contributed by atoms with van der Waals surface area (Å²) in [7, 11) is 0. The molecule has 33 heavy (non-hydrogen) atoms. The Balaban J connectivity index is 1.25. The Hall–Kier alpha value is -3.34. The highest BCUT2D eigenvalue weighted by molar-refractivity contribution is 5.92. The zero-order valence-corrected chi connectivity index (χ0v) is 17.4. The van der Waals surface area contributed by atoms with Gasteiger partial charge in [0.15, 0.2) is 11.5 Å². The molecule has 1 amide bonds. The lowest BCUT2D eigenvalue weighted by molar-refractivity contribution is -0.147. The van der Waals surface area contributed by atoms with Gasteiger partial charge in [-0.2, -0.15) is 13.2 Å². The average molecular weight is 464 g/mol. The van der Waals surface area contributed by atoms with Gasteiger partial charge in [-0.15, -0.1) is 0 Å². The lowest BCUT2D eigenvalue weighted by Crippen LogP contribution is -2.40. The van der Waals surface area contributed by atoms with Gasteiger partial charge >= 0.3 is 6.18 Å². The first-order valence-electron chi connectivity index (χ1n) is 10.4. The van der Waals surface area contributed by atoms with E-state index in [2.05, 4.69) is 10.3 Å². The van der Waals surface area contributed by atoms with Crippen molar-refractivity contribution in [2.24, 2.45) is 0 Å². The fourth-order valence-electron chi connectivity index (χ4n) is 4.36. The summed E-state index contributed by atoms with van der Waals surface area (Å²) in [5.41, 5.74) is 0.807. The van der Waals surface area contributed by atoms with Crippen molar-refractivity contribution in [3.63, 3.8) is 0 Å². The number of ether oxygens (including phenoxy) is 2. The highest BCUT2D eigenvalue weighted by Crippen LogP contribution is 2.37. The van der Waals surface area contributed by atoms with E-state index in [0.717, 1.165) is 12.1 Å². The predicted octanol–water partition coefficient (Wildman–Crippen LogP) is 4.20. The molecule has 0 bridgehead atoms. The molecule has 3 aromatic rings. The summed E-state index contributed by atoms with van der Waals surface area (Å²) in [5, 5.41) is 2.80. The fourth-order valence-corrected chi connectivity index (χ4v) is 4.36. The van der Waals surface area contributed by atoms with E-state index >= 15 is 0 Å². The van der Waals surface area contributed by atoms with Gasteiger partial charge in [0.2, 0.25) is 18.5 Å².